The molecule has 32 heavy (non-hydrogen) atoms. The van der Waals surface area contributed by atoms with Gasteiger partial charge in [-0.15, -0.1) is 0 Å². The van der Waals surface area contributed by atoms with Gasteiger partial charge in [-0.05, 0) is 48.7 Å². The largest absolute Gasteiger partial charge is 0.486 e. The fourth-order valence-corrected chi connectivity index (χ4v) is 3.88. The summed E-state index contributed by atoms with van der Waals surface area (Å²) in [5.74, 6) is 1.04. The third kappa shape index (κ3) is 4.98. The molecule has 0 aliphatic carbocycles. The van der Waals surface area contributed by atoms with Crippen molar-refractivity contribution in [3.8, 4) is 11.5 Å². The van der Waals surface area contributed by atoms with Gasteiger partial charge in [-0.1, -0.05) is 12.1 Å². The van der Waals surface area contributed by atoms with Crippen LogP contribution in [0.3, 0.4) is 0 Å². The van der Waals surface area contributed by atoms with Gasteiger partial charge >= 0.3 is 12.2 Å². The van der Waals surface area contributed by atoms with Crippen LogP contribution in [0.25, 0.3) is 0 Å². The second-order valence-corrected chi connectivity index (χ2v) is 7.84. The summed E-state index contributed by atoms with van der Waals surface area (Å²) >= 11 is 0. The minimum absolute atomic E-state index is 0.0202. The van der Waals surface area contributed by atoms with E-state index in [1.165, 1.54) is 12.1 Å². The molecule has 1 fully saturated rings. The van der Waals surface area contributed by atoms with Crippen LogP contribution < -0.4 is 14.8 Å². The molecule has 0 saturated carbocycles. The molecule has 6 nitrogen and oxygen atoms in total. The van der Waals surface area contributed by atoms with Gasteiger partial charge in [0.15, 0.2) is 17.3 Å². The molecule has 170 valence electrons. The number of alkyl halides is 3. The van der Waals surface area contributed by atoms with Gasteiger partial charge < -0.3 is 19.7 Å². The zero-order chi connectivity index (χ0) is 22.7. The van der Waals surface area contributed by atoms with E-state index in [0.29, 0.717) is 61.8 Å². The second-order valence-electron chi connectivity index (χ2n) is 7.84. The summed E-state index contributed by atoms with van der Waals surface area (Å²) in [6, 6.07) is 9.58. The van der Waals surface area contributed by atoms with Crippen molar-refractivity contribution in [2.45, 2.75) is 25.6 Å². The second kappa shape index (κ2) is 9.10. The van der Waals surface area contributed by atoms with E-state index >= 15 is 0 Å². The van der Waals surface area contributed by atoms with Crippen LogP contribution in [0.15, 0.2) is 42.5 Å². The van der Waals surface area contributed by atoms with Crippen molar-refractivity contribution in [2.24, 2.45) is 5.92 Å². The number of ether oxygens (including phenoxy) is 2. The lowest BCUT2D eigenvalue weighted by atomic mass is 9.89. The Balaban J connectivity index is 1.27. The topological polar surface area (TPSA) is 67.9 Å². The van der Waals surface area contributed by atoms with Crippen LogP contribution in [-0.4, -0.2) is 43.0 Å². The first-order valence-electron chi connectivity index (χ1n) is 10.4. The molecule has 2 aromatic carbocycles. The summed E-state index contributed by atoms with van der Waals surface area (Å²) in [5, 5.41) is 2.73. The highest BCUT2D eigenvalue weighted by Gasteiger charge is 2.30. The summed E-state index contributed by atoms with van der Waals surface area (Å²) in [5.41, 5.74) is 0.423. The van der Waals surface area contributed by atoms with Crippen LogP contribution >= 0.6 is 0 Å². The zero-order valence-corrected chi connectivity index (χ0v) is 17.3. The number of fused-ring (bicyclic) bond motifs is 1. The smallest absolute Gasteiger partial charge is 0.416 e. The third-order valence-electron chi connectivity index (χ3n) is 5.70. The number of halogens is 3. The molecule has 2 heterocycles. The van der Waals surface area contributed by atoms with Gasteiger partial charge in [0.25, 0.3) is 0 Å². The van der Waals surface area contributed by atoms with E-state index in [4.69, 9.17) is 9.47 Å². The predicted molar refractivity (Wildman–Crippen MR) is 110 cm³/mol. The predicted octanol–water partition coefficient (Wildman–Crippen LogP) is 4.28. The van der Waals surface area contributed by atoms with Gasteiger partial charge in [-0.2, -0.15) is 13.2 Å². The van der Waals surface area contributed by atoms with E-state index in [9.17, 15) is 22.8 Å². The van der Waals surface area contributed by atoms with E-state index in [1.807, 2.05) is 0 Å². The first kappa shape index (κ1) is 22.0. The van der Waals surface area contributed by atoms with Crippen molar-refractivity contribution in [2.75, 3.05) is 26.3 Å². The van der Waals surface area contributed by atoms with Gasteiger partial charge in [0.05, 0.1) is 5.56 Å². The fraction of sp³-hybridized carbons (Fsp3) is 0.391. The maximum atomic E-state index is 12.9. The molecular formula is C23H23F3N2O4. The SMILES string of the molecule is O=C(c1ccc2c(c1)OCCO2)C1CCN(C(=O)NCc2ccc(C(F)(F)F)cc2)CC1. The Kier molecular flexibility index (Phi) is 6.25. The van der Waals surface area contributed by atoms with Crippen molar-refractivity contribution < 1.29 is 32.2 Å². The molecule has 0 bridgehead atoms. The minimum atomic E-state index is -4.39. The van der Waals surface area contributed by atoms with Gasteiger partial charge in [0, 0.05) is 31.1 Å². The monoisotopic (exact) mass is 448 g/mol. The molecular weight excluding hydrogens is 425 g/mol. The number of benzene rings is 2. The lowest BCUT2D eigenvalue weighted by Gasteiger charge is -2.31. The lowest BCUT2D eigenvalue weighted by Crippen LogP contribution is -2.45. The zero-order valence-electron chi connectivity index (χ0n) is 17.3. The molecule has 2 aromatic rings. The Labute approximate surface area is 183 Å². The molecule has 2 aliphatic heterocycles. The number of nitrogens with zero attached hydrogens (tertiary/aromatic N) is 1. The van der Waals surface area contributed by atoms with Crippen molar-refractivity contribution in [3.05, 3.63) is 59.2 Å². The van der Waals surface area contributed by atoms with Crippen molar-refractivity contribution in [1.29, 1.82) is 0 Å². The van der Waals surface area contributed by atoms with Crippen LogP contribution in [0.1, 0.15) is 34.3 Å². The number of urea groups is 1. The molecule has 0 aromatic heterocycles. The van der Waals surface area contributed by atoms with Crippen LogP contribution in [0.4, 0.5) is 18.0 Å². The number of piperidine rings is 1. The molecule has 9 heteroatoms. The van der Waals surface area contributed by atoms with Crippen molar-refractivity contribution in [1.82, 2.24) is 10.2 Å². The molecule has 0 unspecified atom stereocenters. The summed E-state index contributed by atoms with van der Waals surface area (Å²) < 4.78 is 48.9. The summed E-state index contributed by atoms with van der Waals surface area (Å²) in [4.78, 5) is 26.9. The van der Waals surface area contributed by atoms with Gasteiger partial charge in [-0.25, -0.2) is 4.79 Å². The number of Topliss-reactive ketones (excluding diaryl/α,β-unsaturated/α-hetero) is 1. The highest BCUT2D eigenvalue weighted by molar-refractivity contribution is 5.98. The number of nitrogens with one attached hydrogen (secondary N) is 1. The van der Waals surface area contributed by atoms with Gasteiger partial charge in [0.2, 0.25) is 0 Å². The first-order chi connectivity index (χ1) is 15.3. The molecule has 1 saturated heterocycles. The number of ketones is 1. The van der Waals surface area contributed by atoms with E-state index in [1.54, 1.807) is 23.1 Å². The number of carbonyl (C=O) groups is 2. The fourth-order valence-electron chi connectivity index (χ4n) is 3.88. The van der Waals surface area contributed by atoms with Gasteiger partial charge in [0.1, 0.15) is 13.2 Å². The molecule has 1 N–H and O–H groups in total. The van der Waals surface area contributed by atoms with E-state index < -0.39 is 11.7 Å². The van der Waals surface area contributed by atoms with Crippen LogP contribution in [-0.2, 0) is 12.7 Å². The maximum Gasteiger partial charge on any atom is 0.416 e. The van der Waals surface area contributed by atoms with Gasteiger partial charge in [-0.3, -0.25) is 4.79 Å². The Hall–Kier alpha value is -3.23. The van der Waals surface area contributed by atoms with Crippen molar-refractivity contribution >= 4 is 11.8 Å². The van der Waals surface area contributed by atoms with Crippen LogP contribution in [0.5, 0.6) is 11.5 Å². The first-order valence-corrected chi connectivity index (χ1v) is 10.4. The normalized spacial score (nSPS) is 16.5. The number of rotatable bonds is 4. The van der Waals surface area contributed by atoms with Crippen molar-refractivity contribution in [3.63, 3.8) is 0 Å². The number of likely N-dealkylation sites (tertiary alicyclic amines) is 1. The average molecular weight is 448 g/mol. The van der Waals surface area contributed by atoms with E-state index in [2.05, 4.69) is 5.32 Å². The van der Waals surface area contributed by atoms with Crippen LogP contribution in [0, 0.1) is 5.92 Å². The lowest BCUT2D eigenvalue weighted by molar-refractivity contribution is -0.137. The Morgan fingerprint density at radius 2 is 1.62 bits per heavy atom. The third-order valence-corrected chi connectivity index (χ3v) is 5.70. The molecule has 0 atom stereocenters. The molecule has 4 rings (SSSR count). The molecule has 2 aliphatic rings. The Morgan fingerprint density at radius 3 is 2.28 bits per heavy atom. The van der Waals surface area contributed by atoms with E-state index in [0.717, 1.165) is 12.1 Å². The number of amides is 2. The number of carbonyl (C=O) groups excluding carboxylic acids is 2. The molecule has 2 amide bonds. The summed E-state index contributed by atoms with van der Waals surface area (Å²) in [6.07, 6.45) is -3.30. The summed E-state index contributed by atoms with van der Waals surface area (Å²) in [7, 11) is 0. The molecule has 0 radical (unpaired) electrons. The Bertz CT molecular complexity index is 984. The molecule has 0 spiro atoms. The van der Waals surface area contributed by atoms with Crippen LogP contribution in [0.2, 0.25) is 0 Å². The number of hydrogen-bond donors (Lipinski definition) is 1. The highest BCUT2D eigenvalue weighted by atomic mass is 19.4. The maximum absolute atomic E-state index is 12.9. The highest BCUT2D eigenvalue weighted by Crippen LogP contribution is 2.33. The average Bonchev–Trinajstić information content (AvgIpc) is 2.81. The summed E-state index contributed by atoms with van der Waals surface area (Å²) in [6.45, 7) is 1.93. The quantitative estimate of drug-likeness (QED) is 0.709. The standard InChI is InChI=1S/C23H23F3N2O4/c24-23(25,26)18-4-1-15(2-5-18)14-27-22(30)28-9-7-16(8-10-28)21(29)17-3-6-19-20(13-17)32-12-11-31-19/h1-6,13,16H,7-12,14H2,(H,27,30). The Morgan fingerprint density at radius 1 is 0.969 bits per heavy atom. The number of hydrogen-bond acceptors (Lipinski definition) is 4. The van der Waals surface area contributed by atoms with E-state index in [-0.39, 0.29) is 24.3 Å². The minimum Gasteiger partial charge on any atom is -0.486 e.